The number of ether oxygens (including phenoxy) is 1. The van der Waals surface area contributed by atoms with Crippen LogP contribution < -0.4 is 20.3 Å². The smallest absolute Gasteiger partial charge is 0.236 e. The summed E-state index contributed by atoms with van der Waals surface area (Å²) in [4.78, 5) is 33.2. The molecule has 0 amide bonds. The largest absolute Gasteiger partial charge is 0.480 e. The SMILES string of the molecule is C=O.CCN(C[C@H]1CCCN1)c1ncc(C#N)c(OC)n1.Cc1ccc(Nc2nc(-c3sc(C)nc3C)cs2)nc1. The van der Waals surface area contributed by atoms with Crippen molar-refractivity contribution in [2.75, 3.05) is 37.0 Å². The Bertz CT molecular complexity index is 1430. The van der Waals surface area contributed by atoms with E-state index >= 15 is 0 Å². The minimum absolute atomic E-state index is 0.338. The molecular weight excluding hydrogens is 559 g/mol. The first-order valence-electron chi connectivity index (χ1n) is 13.1. The lowest BCUT2D eigenvalue weighted by Gasteiger charge is -2.24. The first-order valence-corrected chi connectivity index (χ1v) is 14.8. The summed E-state index contributed by atoms with van der Waals surface area (Å²) in [5.41, 5.74) is 3.53. The molecule has 0 saturated carbocycles. The summed E-state index contributed by atoms with van der Waals surface area (Å²) in [5, 5.41) is 19.6. The van der Waals surface area contributed by atoms with Gasteiger partial charge >= 0.3 is 0 Å². The normalized spacial score (nSPS) is 13.7. The second-order valence-corrected chi connectivity index (χ2v) is 11.1. The van der Waals surface area contributed by atoms with Crippen LogP contribution in [0.3, 0.4) is 0 Å². The first kappa shape index (κ1) is 31.5. The number of nitriles is 1. The van der Waals surface area contributed by atoms with Gasteiger partial charge in [-0.1, -0.05) is 6.07 Å². The van der Waals surface area contributed by atoms with E-state index in [0.717, 1.165) is 57.4 Å². The number of hydrogen-bond donors (Lipinski definition) is 2. The lowest BCUT2D eigenvalue weighted by molar-refractivity contribution is -0.0980. The Morgan fingerprint density at radius 3 is 2.59 bits per heavy atom. The van der Waals surface area contributed by atoms with Crippen LogP contribution in [0.1, 0.15) is 41.6 Å². The number of hydrogen-bond acceptors (Lipinski definition) is 13. The third-order valence-electron chi connectivity index (χ3n) is 6.11. The zero-order valence-corrected chi connectivity index (χ0v) is 25.6. The molecule has 1 fully saturated rings. The van der Waals surface area contributed by atoms with Crippen molar-refractivity contribution >= 4 is 46.4 Å². The van der Waals surface area contributed by atoms with Crippen LogP contribution in [-0.2, 0) is 4.79 Å². The molecule has 1 atom stereocenters. The average Bonchev–Trinajstić information content (AvgIpc) is 3.76. The van der Waals surface area contributed by atoms with Crippen LogP contribution in [0.5, 0.6) is 5.88 Å². The molecule has 1 aliphatic rings. The predicted molar refractivity (Wildman–Crippen MR) is 164 cm³/mol. The molecule has 0 spiro atoms. The van der Waals surface area contributed by atoms with Crippen molar-refractivity contribution in [1.29, 1.82) is 5.26 Å². The van der Waals surface area contributed by atoms with E-state index in [1.807, 2.05) is 52.0 Å². The van der Waals surface area contributed by atoms with E-state index in [-0.39, 0.29) is 0 Å². The number of likely N-dealkylation sites (N-methyl/N-ethyl adjacent to an activating group) is 1. The van der Waals surface area contributed by atoms with Gasteiger partial charge in [0.2, 0.25) is 11.8 Å². The van der Waals surface area contributed by atoms with Crippen molar-refractivity contribution in [3.63, 3.8) is 0 Å². The molecule has 5 rings (SSSR count). The van der Waals surface area contributed by atoms with Crippen LogP contribution in [0.2, 0.25) is 0 Å². The maximum Gasteiger partial charge on any atom is 0.236 e. The average molecular weight is 594 g/mol. The number of carbonyl (C=O) groups is 1. The van der Waals surface area contributed by atoms with Crippen molar-refractivity contribution in [2.24, 2.45) is 0 Å². The number of thiazole rings is 2. The monoisotopic (exact) mass is 593 g/mol. The Hall–Kier alpha value is -3.99. The van der Waals surface area contributed by atoms with E-state index in [1.54, 1.807) is 22.7 Å². The highest BCUT2D eigenvalue weighted by molar-refractivity contribution is 7.16. The summed E-state index contributed by atoms with van der Waals surface area (Å²) in [6.07, 6.45) is 5.77. The third-order valence-corrected chi connectivity index (χ3v) is 7.96. The molecule has 1 aliphatic heterocycles. The number of rotatable bonds is 8. The highest BCUT2D eigenvalue weighted by Crippen LogP contribution is 2.32. The number of anilines is 3. The highest BCUT2D eigenvalue weighted by atomic mass is 32.1. The number of pyridine rings is 1. The number of carbonyl (C=O) groups excluding carboxylic acids is 1. The maximum absolute atomic E-state index is 8.93. The fraction of sp³-hybridized carbons (Fsp3) is 0.393. The summed E-state index contributed by atoms with van der Waals surface area (Å²) in [6.45, 7) is 12.9. The van der Waals surface area contributed by atoms with E-state index < -0.39 is 0 Å². The number of nitrogens with one attached hydrogen (secondary N) is 2. The zero-order chi connectivity index (χ0) is 29.8. The van der Waals surface area contributed by atoms with Crippen molar-refractivity contribution in [3.05, 3.63) is 51.7 Å². The van der Waals surface area contributed by atoms with E-state index in [9.17, 15) is 0 Å². The van der Waals surface area contributed by atoms with Crippen molar-refractivity contribution in [3.8, 4) is 22.5 Å². The highest BCUT2D eigenvalue weighted by Gasteiger charge is 2.20. The summed E-state index contributed by atoms with van der Waals surface area (Å²) >= 11 is 3.26. The molecule has 4 aromatic heterocycles. The number of aryl methyl sites for hydroxylation is 3. The van der Waals surface area contributed by atoms with Crippen LogP contribution in [0.4, 0.5) is 16.9 Å². The Balaban J connectivity index is 0.000000213. The molecule has 0 aromatic carbocycles. The van der Waals surface area contributed by atoms with Crippen LogP contribution in [0.25, 0.3) is 10.6 Å². The molecule has 0 unspecified atom stereocenters. The van der Waals surface area contributed by atoms with Gasteiger partial charge in [-0.2, -0.15) is 10.2 Å². The molecule has 41 heavy (non-hydrogen) atoms. The topological polar surface area (TPSA) is 142 Å². The van der Waals surface area contributed by atoms with Crippen LogP contribution in [-0.4, -0.2) is 64.5 Å². The molecule has 13 heteroatoms. The second kappa shape index (κ2) is 15.7. The lowest BCUT2D eigenvalue weighted by Crippen LogP contribution is -2.38. The van der Waals surface area contributed by atoms with Gasteiger partial charge in [0.05, 0.1) is 34.6 Å². The van der Waals surface area contributed by atoms with Gasteiger partial charge in [0.25, 0.3) is 0 Å². The summed E-state index contributed by atoms with van der Waals surface area (Å²) < 4.78 is 5.13. The van der Waals surface area contributed by atoms with Gasteiger partial charge in [-0.25, -0.2) is 19.9 Å². The van der Waals surface area contributed by atoms with Gasteiger partial charge in [0.1, 0.15) is 24.2 Å². The maximum atomic E-state index is 8.93. The van der Waals surface area contributed by atoms with E-state index in [2.05, 4.69) is 52.8 Å². The molecule has 11 nitrogen and oxygen atoms in total. The second-order valence-electron chi connectivity index (χ2n) is 9.07. The van der Waals surface area contributed by atoms with Gasteiger partial charge in [-0.15, -0.1) is 22.7 Å². The Morgan fingerprint density at radius 2 is 2.00 bits per heavy atom. The van der Waals surface area contributed by atoms with Crippen molar-refractivity contribution in [1.82, 2.24) is 30.2 Å². The van der Waals surface area contributed by atoms with Crippen molar-refractivity contribution < 1.29 is 9.53 Å². The molecule has 216 valence electrons. The fourth-order valence-electron chi connectivity index (χ4n) is 4.13. The van der Waals surface area contributed by atoms with E-state index in [4.69, 9.17) is 14.8 Å². The number of nitrogens with zero attached hydrogens (tertiary/aromatic N) is 7. The summed E-state index contributed by atoms with van der Waals surface area (Å²) in [6, 6.07) is 6.50. The van der Waals surface area contributed by atoms with E-state index in [0.29, 0.717) is 23.4 Å². The summed E-state index contributed by atoms with van der Waals surface area (Å²) in [5.74, 6) is 1.77. The third kappa shape index (κ3) is 8.75. The van der Waals surface area contributed by atoms with Gasteiger partial charge in [-0.05, 0) is 58.7 Å². The van der Waals surface area contributed by atoms with Crippen LogP contribution in [0.15, 0.2) is 29.9 Å². The Kier molecular flexibility index (Phi) is 12.1. The molecule has 0 radical (unpaired) electrons. The number of methoxy groups -OCH3 is 1. The molecule has 4 aromatic rings. The molecular formula is C28H35N9O2S2. The first-order chi connectivity index (χ1) is 19.9. The van der Waals surface area contributed by atoms with Gasteiger partial charge in [0.15, 0.2) is 5.13 Å². The van der Waals surface area contributed by atoms with Gasteiger partial charge in [-0.3, -0.25) is 0 Å². The predicted octanol–water partition coefficient (Wildman–Crippen LogP) is 5.08. The molecule has 0 aliphatic carbocycles. The minimum Gasteiger partial charge on any atom is -0.480 e. The standard InChI is InChI=1S/C14H14N4S2.C13H19N5O.CH2O/c1-8-4-5-12(15-6-8)18-14-17-11(7-19-14)13-9(2)16-10(3)20-13;1-3-18(9-11-5-4-6-15-11)13-16-8-10(7-14)12(17-13)19-2;1-2/h4-7H,1-3H3,(H,15,17,18);8,11,15H,3-6,9H2,1-2H3;1H2/t;11-;/m.1./s1. The zero-order valence-electron chi connectivity index (χ0n) is 24.0. The quantitative estimate of drug-likeness (QED) is 0.282. The Labute approximate surface area is 248 Å². The van der Waals surface area contributed by atoms with Crippen LogP contribution in [0, 0.1) is 32.1 Å². The lowest BCUT2D eigenvalue weighted by atomic mass is 10.2. The van der Waals surface area contributed by atoms with Crippen LogP contribution >= 0.6 is 22.7 Å². The molecule has 0 bridgehead atoms. The summed E-state index contributed by atoms with van der Waals surface area (Å²) in [7, 11) is 1.52. The molecule has 1 saturated heterocycles. The van der Waals surface area contributed by atoms with E-state index in [1.165, 1.54) is 26.1 Å². The Morgan fingerprint density at radius 1 is 1.20 bits per heavy atom. The van der Waals surface area contributed by atoms with Gasteiger partial charge < -0.3 is 25.1 Å². The van der Waals surface area contributed by atoms with Crippen molar-refractivity contribution in [2.45, 2.75) is 46.6 Å². The molecule has 2 N–H and O–H groups in total. The fourth-order valence-corrected chi connectivity index (χ4v) is 5.79. The minimum atomic E-state index is 0.338. The molecule has 5 heterocycles. The number of aromatic nitrogens is 5. The van der Waals surface area contributed by atoms with Gasteiger partial charge in [0, 0.05) is 30.7 Å².